The maximum Gasteiger partial charge on any atom is 0.302 e. The van der Waals surface area contributed by atoms with Gasteiger partial charge in [-0.15, -0.1) is 11.8 Å². The molecule has 0 fully saturated rings. The van der Waals surface area contributed by atoms with E-state index in [1.165, 1.54) is 6.92 Å². The second-order valence-corrected chi connectivity index (χ2v) is 6.42. The Labute approximate surface area is 156 Å². The van der Waals surface area contributed by atoms with Crippen molar-refractivity contribution in [2.24, 2.45) is 0 Å². The Hall–Kier alpha value is -2.85. The summed E-state index contributed by atoms with van der Waals surface area (Å²) in [6, 6.07) is 9.46. The lowest BCUT2D eigenvalue weighted by Gasteiger charge is -2.27. The SMILES string of the molecule is CSc1ccc(/C=C2/C(=O)N(CCOC(C)=O)C(=O)C(C#N)=C2C)cc1. The molecule has 0 saturated heterocycles. The van der Waals surface area contributed by atoms with E-state index in [1.54, 1.807) is 24.8 Å². The van der Waals surface area contributed by atoms with Gasteiger partial charge in [0.2, 0.25) is 0 Å². The first-order valence-electron chi connectivity index (χ1n) is 7.85. The van der Waals surface area contributed by atoms with Gasteiger partial charge in [-0.2, -0.15) is 5.26 Å². The Balaban J connectivity index is 2.39. The molecule has 1 aromatic rings. The molecule has 1 aromatic carbocycles. The summed E-state index contributed by atoms with van der Waals surface area (Å²) in [5.41, 5.74) is 1.33. The van der Waals surface area contributed by atoms with Crippen LogP contribution in [0.25, 0.3) is 6.08 Å². The third-order valence-electron chi connectivity index (χ3n) is 3.87. The number of rotatable bonds is 5. The molecule has 1 aliphatic rings. The van der Waals surface area contributed by atoms with Gasteiger partial charge in [0.15, 0.2) is 0 Å². The van der Waals surface area contributed by atoms with E-state index in [-0.39, 0.29) is 24.3 Å². The molecule has 0 spiro atoms. The van der Waals surface area contributed by atoms with E-state index in [0.717, 1.165) is 15.4 Å². The summed E-state index contributed by atoms with van der Waals surface area (Å²) in [5.74, 6) is -1.68. The number of carbonyl (C=O) groups is 3. The van der Waals surface area contributed by atoms with Gasteiger partial charge in [0.1, 0.15) is 18.2 Å². The number of benzene rings is 1. The van der Waals surface area contributed by atoms with Crippen LogP contribution in [0.5, 0.6) is 0 Å². The quantitative estimate of drug-likeness (QED) is 0.343. The van der Waals surface area contributed by atoms with Crippen LogP contribution in [0.3, 0.4) is 0 Å². The maximum absolute atomic E-state index is 12.8. The molecule has 0 atom stereocenters. The predicted molar refractivity (Wildman–Crippen MR) is 97.9 cm³/mol. The zero-order valence-corrected chi connectivity index (χ0v) is 15.6. The number of hydrogen-bond donors (Lipinski definition) is 0. The van der Waals surface area contributed by atoms with E-state index in [4.69, 9.17) is 4.74 Å². The molecule has 2 amide bonds. The van der Waals surface area contributed by atoms with Crippen LogP contribution in [0, 0.1) is 11.3 Å². The van der Waals surface area contributed by atoms with Crippen molar-refractivity contribution in [3.8, 4) is 6.07 Å². The van der Waals surface area contributed by atoms with Gasteiger partial charge in [-0.25, -0.2) is 0 Å². The first kappa shape index (κ1) is 19.5. The standard InChI is InChI=1S/C19H18N2O4S/c1-12-16(10-14-4-6-15(26-3)7-5-14)18(23)21(8-9-25-13(2)22)19(24)17(12)11-20/h4-7,10H,8-9H2,1-3H3/b16-10+. The largest absolute Gasteiger partial charge is 0.464 e. The highest BCUT2D eigenvalue weighted by molar-refractivity contribution is 7.98. The third kappa shape index (κ3) is 4.21. The molecule has 0 saturated carbocycles. The van der Waals surface area contributed by atoms with Gasteiger partial charge in [-0.3, -0.25) is 19.3 Å². The van der Waals surface area contributed by atoms with Crippen molar-refractivity contribution in [1.82, 2.24) is 4.90 Å². The highest BCUT2D eigenvalue weighted by Crippen LogP contribution is 2.27. The minimum atomic E-state index is -0.669. The number of nitrogens with zero attached hydrogens (tertiary/aromatic N) is 2. The molecular formula is C19H18N2O4S. The Bertz CT molecular complexity index is 847. The smallest absolute Gasteiger partial charge is 0.302 e. The van der Waals surface area contributed by atoms with Crippen molar-refractivity contribution in [3.63, 3.8) is 0 Å². The number of esters is 1. The Morgan fingerprint density at radius 2 is 1.92 bits per heavy atom. The Morgan fingerprint density at radius 1 is 1.27 bits per heavy atom. The predicted octanol–water partition coefficient (Wildman–Crippen LogP) is 2.56. The molecule has 2 rings (SSSR count). The summed E-state index contributed by atoms with van der Waals surface area (Å²) < 4.78 is 4.81. The van der Waals surface area contributed by atoms with Crippen molar-refractivity contribution >= 4 is 35.6 Å². The number of amides is 2. The van der Waals surface area contributed by atoms with Gasteiger partial charge in [0, 0.05) is 17.4 Å². The highest BCUT2D eigenvalue weighted by Gasteiger charge is 2.35. The van der Waals surface area contributed by atoms with Crippen molar-refractivity contribution in [2.45, 2.75) is 18.7 Å². The number of nitriles is 1. The summed E-state index contributed by atoms with van der Waals surface area (Å²) in [6.45, 7) is 2.62. The monoisotopic (exact) mass is 370 g/mol. The lowest BCUT2D eigenvalue weighted by atomic mass is 9.94. The van der Waals surface area contributed by atoms with Crippen LogP contribution in [-0.4, -0.2) is 42.1 Å². The average Bonchev–Trinajstić information content (AvgIpc) is 2.62. The number of thioether (sulfide) groups is 1. The van der Waals surface area contributed by atoms with E-state index >= 15 is 0 Å². The van der Waals surface area contributed by atoms with Gasteiger partial charge in [-0.05, 0) is 42.5 Å². The van der Waals surface area contributed by atoms with Crippen molar-refractivity contribution in [2.75, 3.05) is 19.4 Å². The van der Waals surface area contributed by atoms with Crippen molar-refractivity contribution < 1.29 is 19.1 Å². The molecular weight excluding hydrogens is 352 g/mol. The Kier molecular flexibility index (Phi) is 6.36. The zero-order valence-electron chi connectivity index (χ0n) is 14.7. The zero-order chi connectivity index (χ0) is 19.3. The van der Waals surface area contributed by atoms with E-state index < -0.39 is 17.8 Å². The molecule has 134 valence electrons. The lowest BCUT2D eigenvalue weighted by Crippen LogP contribution is -2.44. The molecule has 0 aliphatic carbocycles. The second-order valence-electron chi connectivity index (χ2n) is 5.54. The molecule has 0 aromatic heterocycles. The minimum absolute atomic E-state index is 0.0839. The fraction of sp³-hybridized carbons (Fsp3) is 0.263. The van der Waals surface area contributed by atoms with Crippen LogP contribution < -0.4 is 0 Å². The molecule has 7 heteroatoms. The molecule has 1 heterocycles. The van der Waals surface area contributed by atoms with Crippen LogP contribution >= 0.6 is 11.8 Å². The summed E-state index contributed by atoms with van der Waals surface area (Å²) in [7, 11) is 0. The maximum atomic E-state index is 12.8. The van der Waals surface area contributed by atoms with Gasteiger partial charge in [-0.1, -0.05) is 12.1 Å². The molecule has 6 nitrogen and oxygen atoms in total. The van der Waals surface area contributed by atoms with Crippen LogP contribution in [0.15, 0.2) is 45.9 Å². The minimum Gasteiger partial charge on any atom is -0.464 e. The van der Waals surface area contributed by atoms with Crippen molar-refractivity contribution in [3.05, 3.63) is 46.5 Å². The van der Waals surface area contributed by atoms with E-state index in [2.05, 4.69) is 0 Å². The third-order valence-corrected chi connectivity index (χ3v) is 4.62. The number of imide groups is 1. The van der Waals surface area contributed by atoms with Gasteiger partial charge >= 0.3 is 5.97 Å². The molecule has 26 heavy (non-hydrogen) atoms. The van der Waals surface area contributed by atoms with E-state index in [1.807, 2.05) is 36.6 Å². The average molecular weight is 370 g/mol. The van der Waals surface area contributed by atoms with E-state index in [9.17, 15) is 19.6 Å². The first-order chi connectivity index (χ1) is 12.4. The normalized spacial score (nSPS) is 16.1. The fourth-order valence-electron chi connectivity index (χ4n) is 2.48. The summed E-state index contributed by atoms with van der Waals surface area (Å²) in [6.07, 6.45) is 3.63. The first-order valence-corrected chi connectivity index (χ1v) is 9.08. The Morgan fingerprint density at radius 3 is 2.46 bits per heavy atom. The van der Waals surface area contributed by atoms with Crippen molar-refractivity contribution in [1.29, 1.82) is 5.26 Å². The molecule has 0 unspecified atom stereocenters. The van der Waals surface area contributed by atoms with Gasteiger partial charge in [0.05, 0.1) is 6.54 Å². The van der Waals surface area contributed by atoms with E-state index in [0.29, 0.717) is 5.57 Å². The van der Waals surface area contributed by atoms with Crippen LogP contribution in [0.1, 0.15) is 19.4 Å². The summed E-state index contributed by atoms with van der Waals surface area (Å²) >= 11 is 1.61. The van der Waals surface area contributed by atoms with Crippen LogP contribution in [-0.2, 0) is 19.1 Å². The molecule has 0 N–H and O–H groups in total. The summed E-state index contributed by atoms with van der Waals surface area (Å²) in [5, 5.41) is 9.32. The van der Waals surface area contributed by atoms with Gasteiger partial charge in [0.25, 0.3) is 11.8 Å². The lowest BCUT2D eigenvalue weighted by molar-refractivity contribution is -0.147. The molecule has 0 radical (unpaired) electrons. The number of ether oxygens (including phenoxy) is 1. The highest BCUT2D eigenvalue weighted by atomic mass is 32.2. The van der Waals surface area contributed by atoms with Gasteiger partial charge < -0.3 is 4.74 Å². The number of hydrogen-bond acceptors (Lipinski definition) is 6. The number of carbonyl (C=O) groups excluding carboxylic acids is 3. The fourth-order valence-corrected chi connectivity index (χ4v) is 2.89. The summed E-state index contributed by atoms with van der Waals surface area (Å²) in [4.78, 5) is 38.1. The molecule has 1 aliphatic heterocycles. The molecule has 0 bridgehead atoms. The second kappa shape index (κ2) is 8.50. The van der Waals surface area contributed by atoms with Crippen LogP contribution in [0.4, 0.5) is 0 Å². The topological polar surface area (TPSA) is 87.5 Å². The van der Waals surface area contributed by atoms with Crippen LogP contribution in [0.2, 0.25) is 0 Å².